The van der Waals surface area contributed by atoms with Crippen molar-refractivity contribution in [2.24, 2.45) is 0 Å². The van der Waals surface area contributed by atoms with Crippen LogP contribution >= 0.6 is 22.6 Å². The van der Waals surface area contributed by atoms with Crippen LogP contribution in [0.3, 0.4) is 0 Å². The lowest BCUT2D eigenvalue weighted by Crippen LogP contribution is -2.34. The molecule has 0 saturated carbocycles. The van der Waals surface area contributed by atoms with Crippen molar-refractivity contribution in [1.82, 2.24) is 0 Å². The van der Waals surface area contributed by atoms with E-state index in [2.05, 4.69) is 5.32 Å². The van der Waals surface area contributed by atoms with Crippen molar-refractivity contribution in [3.8, 4) is 5.75 Å². The smallest absolute Gasteiger partial charge is 0.288 e. The number of nitrogens with one attached hydrogen (secondary N) is 1. The zero-order valence-corrected chi connectivity index (χ0v) is 8.24. The topological polar surface area (TPSA) is 38.3 Å². The highest BCUT2D eigenvalue weighted by atomic mass is 127. The highest BCUT2D eigenvalue weighted by molar-refractivity contribution is 14.1. The molecule has 1 atom stereocenters. The summed E-state index contributed by atoms with van der Waals surface area (Å²) in [5, 5.41) is 2.96. The van der Waals surface area contributed by atoms with E-state index in [0.29, 0.717) is 0 Å². The van der Waals surface area contributed by atoms with E-state index in [9.17, 15) is 4.79 Å². The van der Waals surface area contributed by atoms with Gasteiger partial charge in [0.2, 0.25) is 0 Å². The van der Waals surface area contributed by atoms with Gasteiger partial charge in [0.05, 0.1) is 5.69 Å². The van der Waals surface area contributed by atoms with Crippen LogP contribution in [0.4, 0.5) is 5.69 Å². The van der Waals surface area contributed by atoms with Crippen LogP contribution in [-0.4, -0.2) is 10.0 Å². The number of hydrogen-bond acceptors (Lipinski definition) is 3. The SMILES string of the molecule is O=CC1(I)Nc2ccccc2O1. The number of halogens is 1. The predicted molar refractivity (Wildman–Crippen MR) is 53.5 cm³/mol. The summed E-state index contributed by atoms with van der Waals surface area (Å²) in [6.45, 7) is 0. The third kappa shape index (κ3) is 1.16. The van der Waals surface area contributed by atoms with Crippen LogP contribution in [0.15, 0.2) is 24.3 Å². The lowest BCUT2D eigenvalue weighted by Gasteiger charge is -2.13. The van der Waals surface area contributed by atoms with Gasteiger partial charge in [0.1, 0.15) is 5.75 Å². The fraction of sp³-hybridized carbons (Fsp3) is 0.125. The molecule has 2 rings (SSSR count). The average molecular weight is 275 g/mol. The van der Waals surface area contributed by atoms with Gasteiger partial charge in [-0.15, -0.1) is 0 Å². The molecule has 1 N–H and O–H groups in total. The zero-order chi connectivity index (χ0) is 8.60. The Balaban J connectivity index is 2.39. The fourth-order valence-corrected chi connectivity index (χ4v) is 1.61. The molecule has 3 nitrogen and oxygen atoms in total. The Kier molecular flexibility index (Phi) is 1.71. The van der Waals surface area contributed by atoms with Gasteiger partial charge < -0.3 is 10.1 Å². The number of carbonyl (C=O) groups excluding carboxylic acids is 1. The molecule has 1 aromatic carbocycles. The Labute approximate surface area is 83.2 Å². The highest BCUT2D eigenvalue weighted by Crippen LogP contribution is 2.38. The van der Waals surface area contributed by atoms with E-state index in [1.807, 2.05) is 46.9 Å². The van der Waals surface area contributed by atoms with Crippen molar-refractivity contribution in [3.05, 3.63) is 24.3 Å². The molecule has 0 saturated heterocycles. The number of alkyl halides is 1. The summed E-state index contributed by atoms with van der Waals surface area (Å²) in [4.78, 5) is 10.6. The Morgan fingerprint density at radius 3 is 2.92 bits per heavy atom. The third-order valence-electron chi connectivity index (χ3n) is 1.60. The van der Waals surface area contributed by atoms with Gasteiger partial charge in [-0.2, -0.15) is 0 Å². The van der Waals surface area contributed by atoms with Gasteiger partial charge >= 0.3 is 0 Å². The number of fused-ring (bicyclic) bond motifs is 1. The number of ether oxygens (including phenoxy) is 1. The standard InChI is InChI=1S/C8H6INO2/c9-8(5-11)10-6-3-1-2-4-7(6)12-8/h1-5,10H. The molecule has 0 aliphatic carbocycles. The summed E-state index contributed by atoms with van der Waals surface area (Å²) in [7, 11) is 0. The maximum atomic E-state index is 10.6. The van der Waals surface area contributed by atoms with E-state index in [1.54, 1.807) is 0 Å². The molecule has 1 heterocycles. The number of aldehydes is 1. The second kappa shape index (κ2) is 2.62. The summed E-state index contributed by atoms with van der Waals surface area (Å²) in [5.41, 5.74) is 0.860. The van der Waals surface area contributed by atoms with Crippen molar-refractivity contribution in [3.63, 3.8) is 0 Å². The summed E-state index contributed by atoms with van der Waals surface area (Å²) in [5.74, 6) is 0.721. The molecule has 1 unspecified atom stereocenters. The van der Waals surface area contributed by atoms with E-state index < -0.39 is 3.73 Å². The van der Waals surface area contributed by atoms with E-state index in [-0.39, 0.29) is 0 Å². The molecule has 1 aromatic rings. The number of rotatable bonds is 1. The van der Waals surface area contributed by atoms with Crippen molar-refractivity contribution < 1.29 is 9.53 Å². The highest BCUT2D eigenvalue weighted by Gasteiger charge is 2.35. The Morgan fingerprint density at radius 1 is 1.50 bits per heavy atom. The minimum atomic E-state index is -0.915. The fourth-order valence-electron chi connectivity index (χ4n) is 1.08. The van der Waals surface area contributed by atoms with Crippen LogP contribution in [0.1, 0.15) is 0 Å². The van der Waals surface area contributed by atoms with Crippen LogP contribution < -0.4 is 10.1 Å². The molecule has 0 fully saturated rings. The number of anilines is 1. The van der Waals surface area contributed by atoms with Crippen LogP contribution in [0.2, 0.25) is 0 Å². The van der Waals surface area contributed by atoms with Crippen LogP contribution in [-0.2, 0) is 4.79 Å². The molecule has 0 aromatic heterocycles. The Bertz CT molecular complexity index is 302. The molecular formula is C8H6INO2. The lowest BCUT2D eigenvalue weighted by atomic mass is 10.3. The van der Waals surface area contributed by atoms with Crippen LogP contribution in [0, 0.1) is 0 Å². The zero-order valence-electron chi connectivity index (χ0n) is 6.08. The summed E-state index contributed by atoms with van der Waals surface area (Å²) < 4.78 is 4.44. The molecule has 0 bridgehead atoms. The van der Waals surface area contributed by atoms with Crippen molar-refractivity contribution >= 4 is 34.6 Å². The second-order valence-electron chi connectivity index (χ2n) is 2.49. The van der Waals surface area contributed by atoms with E-state index in [1.165, 1.54) is 0 Å². The molecule has 4 heteroatoms. The van der Waals surface area contributed by atoms with Crippen molar-refractivity contribution in [2.75, 3.05) is 5.32 Å². The first-order valence-corrected chi connectivity index (χ1v) is 4.53. The second-order valence-corrected chi connectivity index (χ2v) is 4.09. The molecular weight excluding hydrogens is 269 g/mol. The Morgan fingerprint density at radius 2 is 2.25 bits per heavy atom. The van der Waals surface area contributed by atoms with Gasteiger partial charge in [-0.1, -0.05) is 12.1 Å². The number of carbonyl (C=O) groups is 1. The van der Waals surface area contributed by atoms with E-state index >= 15 is 0 Å². The summed E-state index contributed by atoms with van der Waals surface area (Å²) >= 11 is 1.92. The number of para-hydroxylation sites is 2. The van der Waals surface area contributed by atoms with Crippen molar-refractivity contribution in [2.45, 2.75) is 3.73 Å². The van der Waals surface area contributed by atoms with Gasteiger partial charge in [-0.3, -0.25) is 4.79 Å². The molecule has 0 amide bonds. The monoisotopic (exact) mass is 275 g/mol. The summed E-state index contributed by atoms with van der Waals surface area (Å²) in [6, 6.07) is 7.46. The van der Waals surface area contributed by atoms with Crippen LogP contribution in [0.25, 0.3) is 0 Å². The van der Waals surface area contributed by atoms with Crippen LogP contribution in [0.5, 0.6) is 5.75 Å². The van der Waals surface area contributed by atoms with E-state index in [0.717, 1.165) is 17.7 Å². The molecule has 1 aliphatic heterocycles. The van der Waals surface area contributed by atoms with Crippen molar-refractivity contribution in [1.29, 1.82) is 0 Å². The minimum absolute atomic E-state index is 0.721. The van der Waals surface area contributed by atoms with Gasteiger partial charge in [-0.25, -0.2) is 0 Å². The first-order valence-electron chi connectivity index (χ1n) is 3.45. The number of hydrogen-bond donors (Lipinski definition) is 1. The largest absolute Gasteiger partial charge is 0.450 e. The van der Waals surface area contributed by atoms with Gasteiger partial charge in [0.15, 0.2) is 6.29 Å². The maximum absolute atomic E-state index is 10.6. The summed E-state index contributed by atoms with van der Waals surface area (Å²) in [6.07, 6.45) is 0.744. The number of benzene rings is 1. The minimum Gasteiger partial charge on any atom is -0.450 e. The van der Waals surface area contributed by atoms with E-state index in [4.69, 9.17) is 4.74 Å². The van der Waals surface area contributed by atoms with Gasteiger partial charge in [-0.05, 0) is 12.1 Å². The van der Waals surface area contributed by atoms with Gasteiger partial charge in [0.25, 0.3) is 3.73 Å². The first-order chi connectivity index (χ1) is 5.73. The average Bonchev–Trinajstić information content (AvgIpc) is 2.42. The first kappa shape index (κ1) is 7.85. The molecule has 0 radical (unpaired) electrons. The maximum Gasteiger partial charge on any atom is 0.288 e. The third-order valence-corrected chi connectivity index (χ3v) is 2.35. The quantitative estimate of drug-likeness (QED) is 0.367. The Hall–Kier alpha value is -0.780. The van der Waals surface area contributed by atoms with Gasteiger partial charge in [0, 0.05) is 22.6 Å². The predicted octanol–water partition coefficient (Wildman–Crippen LogP) is 1.78. The lowest BCUT2D eigenvalue weighted by molar-refractivity contribution is -0.113. The molecule has 1 aliphatic rings. The molecule has 62 valence electrons. The normalized spacial score (nSPS) is 25.4. The molecule has 0 spiro atoms. The molecule has 12 heavy (non-hydrogen) atoms.